The summed E-state index contributed by atoms with van der Waals surface area (Å²) in [6, 6.07) is 7.97. The molecule has 1 aromatic carbocycles. The van der Waals surface area contributed by atoms with Crippen molar-refractivity contribution >= 4 is 29.7 Å². The molecule has 0 spiro atoms. The van der Waals surface area contributed by atoms with Crippen molar-refractivity contribution in [2.24, 2.45) is 10.7 Å². The van der Waals surface area contributed by atoms with E-state index in [1.165, 1.54) is 25.6 Å². The molecule has 1 saturated carbocycles. The number of rotatable bonds is 13. The standard InChI is InChI=1S/C28H36N8O2S/c1-3-39-12-11-37-27-25(18-36(35-27)24-7-5-4-6-8-24)34-28-32-16-23(17-33-28)21-9-10-22(14-29)26(13-21)38-20(2)15-31-19-30/h9-10,13,16-20,24H,3-8,11-12,15H2,1-2H3,(H2,30,31)(H,32,33,34)/t20-/m0/s1. The third kappa shape index (κ3) is 7.86. The third-order valence-corrected chi connectivity index (χ3v) is 7.31. The van der Waals surface area contributed by atoms with Gasteiger partial charge in [0.25, 0.3) is 5.88 Å². The maximum Gasteiger partial charge on any atom is 0.256 e. The minimum Gasteiger partial charge on any atom is -0.487 e. The van der Waals surface area contributed by atoms with Gasteiger partial charge in [-0.2, -0.15) is 17.0 Å². The molecule has 39 heavy (non-hydrogen) atoms. The molecule has 1 atom stereocenters. The van der Waals surface area contributed by atoms with Crippen LogP contribution in [0, 0.1) is 11.3 Å². The fourth-order valence-corrected chi connectivity index (χ4v) is 4.95. The Balaban J connectivity index is 1.50. The molecule has 0 saturated heterocycles. The molecule has 0 amide bonds. The summed E-state index contributed by atoms with van der Waals surface area (Å²) in [5, 5.41) is 17.6. The van der Waals surface area contributed by atoms with Crippen LogP contribution in [0.5, 0.6) is 11.6 Å². The van der Waals surface area contributed by atoms with Gasteiger partial charge in [-0.05, 0) is 43.2 Å². The summed E-state index contributed by atoms with van der Waals surface area (Å²) < 4.78 is 14.0. The molecule has 0 unspecified atom stereocenters. The number of nitrogens with two attached hydrogens (primary N) is 1. The van der Waals surface area contributed by atoms with Gasteiger partial charge in [-0.1, -0.05) is 32.3 Å². The van der Waals surface area contributed by atoms with Crippen LogP contribution in [0.1, 0.15) is 57.6 Å². The topological polar surface area (TPSA) is 136 Å². The molecule has 1 aliphatic rings. The van der Waals surface area contributed by atoms with Crippen LogP contribution in [-0.4, -0.2) is 56.8 Å². The number of hydrogen-bond acceptors (Lipinski definition) is 9. The number of hydrogen-bond donors (Lipinski definition) is 2. The van der Waals surface area contributed by atoms with Crippen molar-refractivity contribution in [2.75, 3.05) is 30.0 Å². The highest BCUT2D eigenvalue weighted by Crippen LogP contribution is 2.33. The van der Waals surface area contributed by atoms with Crippen molar-refractivity contribution in [1.82, 2.24) is 19.7 Å². The fraction of sp³-hybridized carbons (Fsp3) is 0.464. The maximum absolute atomic E-state index is 9.50. The lowest BCUT2D eigenvalue weighted by molar-refractivity contribution is 0.230. The SMILES string of the molecule is CCSCCOc1nn(C2CCCCC2)cc1Nc1ncc(-c2ccc(C#N)c(O[C@@H](C)CN=CN)c2)cn1. The quantitative estimate of drug-likeness (QED) is 0.165. The molecule has 4 rings (SSSR count). The smallest absolute Gasteiger partial charge is 0.256 e. The number of ether oxygens (including phenoxy) is 2. The van der Waals surface area contributed by atoms with Crippen molar-refractivity contribution in [3.8, 4) is 28.8 Å². The summed E-state index contributed by atoms with van der Waals surface area (Å²) in [6.07, 6.45) is 12.5. The van der Waals surface area contributed by atoms with E-state index >= 15 is 0 Å². The second kappa shape index (κ2) is 14.4. The average Bonchev–Trinajstić information content (AvgIpc) is 3.37. The predicted octanol–water partition coefficient (Wildman–Crippen LogP) is 5.35. The summed E-state index contributed by atoms with van der Waals surface area (Å²) in [5.41, 5.74) is 8.18. The lowest BCUT2D eigenvalue weighted by Gasteiger charge is -2.21. The number of nitriles is 1. The normalized spacial score (nSPS) is 14.7. The van der Waals surface area contributed by atoms with Crippen molar-refractivity contribution in [2.45, 2.75) is 58.1 Å². The Morgan fingerprint density at radius 1 is 1.26 bits per heavy atom. The Kier molecular flexibility index (Phi) is 10.4. The molecule has 11 heteroatoms. The summed E-state index contributed by atoms with van der Waals surface area (Å²) >= 11 is 1.84. The monoisotopic (exact) mass is 548 g/mol. The summed E-state index contributed by atoms with van der Waals surface area (Å²) in [7, 11) is 0. The number of nitrogens with one attached hydrogen (secondary N) is 1. The zero-order valence-corrected chi connectivity index (χ0v) is 23.4. The second-order valence-electron chi connectivity index (χ2n) is 9.35. The van der Waals surface area contributed by atoms with Crippen LogP contribution < -0.4 is 20.5 Å². The molecule has 1 fully saturated rings. The molecule has 3 aromatic rings. The largest absolute Gasteiger partial charge is 0.487 e. The highest BCUT2D eigenvalue weighted by molar-refractivity contribution is 7.99. The van der Waals surface area contributed by atoms with E-state index in [2.05, 4.69) is 33.3 Å². The van der Waals surface area contributed by atoms with E-state index in [9.17, 15) is 5.26 Å². The van der Waals surface area contributed by atoms with Gasteiger partial charge in [0, 0.05) is 23.7 Å². The van der Waals surface area contributed by atoms with Crippen molar-refractivity contribution < 1.29 is 9.47 Å². The number of nitrogens with zero attached hydrogens (tertiary/aromatic N) is 6. The second-order valence-corrected chi connectivity index (χ2v) is 10.7. The lowest BCUT2D eigenvalue weighted by atomic mass is 9.96. The van der Waals surface area contributed by atoms with E-state index in [4.69, 9.17) is 20.3 Å². The van der Waals surface area contributed by atoms with Crippen molar-refractivity contribution in [3.05, 3.63) is 42.4 Å². The fourth-order valence-electron chi connectivity index (χ4n) is 4.46. The summed E-state index contributed by atoms with van der Waals surface area (Å²) in [4.78, 5) is 13.1. The van der Waals surface area contributed by atoms with Gasteiger partial charge in [-0.25, -0.2) is 9.97 Å². The van der Waals surface area contributed by atoms with E-state index < -0.39 is 0 Å². The van der Waals surface area contributed by atoms with Gasteiger partial charge in [-0.15, -0.1) is 5.10 Å². The number of benzene rings is 1. The third-order valence-electron chi connectivity index (χ3n) is 6.45. The summed E-state index contributed by atoms with van der Waals surface area (Å²) in [5.74, 6) is 3.47. The molecule has 206 valence electrons. The molecule has 2 aromatic heterocycles. The highest BCUT2D eigenvalue weighted by Gasteiger charge is 2.20. The zero-order valence-electron chi connectivity index (χ0n) is 22.5. The van der Waals surface area contributed by atoms with Crippen LogP contribution in [-0.2, 0) is 0 Å². The van der Waals surface area contributed by atoms with Gasteiger partial charge in [0.2, 0.25) is 5.95 Å². The molecule has 1 aliphatic carbocycles. The number of anilines is 2. The van der Waals surface area contributed by atoms with Crippen LogP contribution in [0.2, 0.25) is 0 Å². The van der Waals surface area contributed by atoms with Crippen LogP contribution in [0.3, 0.4) is 0 Å². The Morgan fingerprint density at radius 3 is 2.77 bits per heavy atom. The Bertz CT molecular complexity index is 1270. The van der Waals surface area contributed by atoms with E-state index in [-0.39, 0.29) is 6.10 Å². The minimum absolute atomic E-state index is 0.235. The van der Waals surface area contributed by atoms with Gasteiger partial charge in [0.15, 0.2) is 0 Å². The molecular weight excluding hydrogens is 512 g/mol. The first-order valence-electron chi connectivity index (χ1n) is 13.4. The Labute approximate surface area is 234 Å². The average molecular weight is 549 g/mol. The van der Waals surface area contributed by atoms with Crippen LogP contribution in [0.15, 0.2) is 41.8 Å². The highest BCUT2D eigenvalue weighted by atomic mass is 32.2. The number of aliphatic imine (C=N–C) groups is 1. The van der Waals surface area contributed by atoms with Crippen molar-refractivity contribution in [1.29, 1.82) is 5.26 Å². The molecule has 0 radical (unpaired) electrons. The lowest BCUT2D eigenvalue weighted by Crippen LogP contribution is -2.16. The van der Waals surface area contributed by atoms with Gasteiger partial charge in [0.05, 0.1) is 37.3 Å². The molecule has 0 aliphatic heterocycles. The maximum atomic E-state index is 9.50. The molecule has 10 nitrogen and oxygen atoms in total. The first kappa shape index (κ1) is 28.2. The van der Waals surface area contributed by atoms with E-state index in [0.717, 1.165) is 41.2 Å². The minimum atomic E-state index is -0.235. The zero-order chi connectivity index (χ0) is 27.5. The summed E-state index contributed by atoms with van der Waals surface area (Å²) in [6.45, 7) is 5.01. The molecule has 2 heterocycles. The first-order valence-corrected chi connectivity index (χ1v) is 14.6. The molecular formula is C28H36N8O2S. The Hall–Kier alpha value is -3.78. The van der Waals surface area contributed by atoms with Gasteiger partial charge in [-0.3, -0.25) is 9.67 Å². The molecule has 3 N–H and O–H groups in total. The Morgan fingerprint density at radius 2 is 2.05 bits per heavy atom. The van der Waals surface area contributed by atoms with Crippen LogP contribution >= 0.6 is 11.8 Å². The van der Waals surface area contributed by atoms with Gasteiger partial charge < -0.3 is 20.5 Å². The molecule has 0 bridgehead atoms. The van der Waals surface area contributed by atoms with Gasteiger partial charge >= 0.3 is 0 Å². The van der Waals surface area contributed by atoms with Gasteiger partial charge in [0.1, 0.15) is 23.6 Å². The number of aromatic nitrogens is 4. The first-order chi connectivity index (χ1) is 19.1. The van der Waals surface area contributed by atoms with Crippen LogP contribution in [0.4, 0.5) is 11.6 Å². The van der Waals surface area contributed by atoms with E-state index in [1.807, 2.05) is 41.7 Å². The predicted molar refractivity (Wildman–Crippen MR) is 156 cm³/mol. The van der Waals surface area contributed by atoms with E-state index in [1.54, 1.807) is 18.5 Å². The number of thioether (sulfide) groups is 1. The van der Waals surface area contributed by atoms with Crippen LogP contribution in [0.25, 0.3) is 11.1 Å². The van der Waals surface area contributed by atoms with Crippen molar-refractivity contribution in [3.63, 3.8) is 0 Å². The van der Waals surface area contributed by atoms with E-state index in [0.29, 0.717) is 42.3 Å².